The number of nitrogens with zero attached hydrogens (tertiary/aromatic N) is 1. The van der Waals surface area contributed by atoms with E-state index in [0.29, 0.717) is 11.5 Å². The smallest absolute Gasteiger partial charge is 0.0695 e. The third-order valence-electron chi connectivity index (χ3n) is 4.93. The zero-order chi connectivity index (χ0) is 12.0. The second-order valence-electron chi connectivity index (χ2n) is 7.41. The number of hydrogen-bond donors (Lipinski definition) is 1. The van der Waals surface area contributed by atoms with Crippen LogP contribution in [0.2, 0.25) is 0 Å². The van der Waals surface area contributed by atoms with Crippen LogP contribution >= 0.6 is 0 Å². The molecule has 0 aliphatic heterocycles. The van der Waals surface area contributed by atoms with Gasteiger partial charge >= 0.3 is 0 Å². The van der Waals surface area contributed by atoms with E-state index in [4.69, 9.17) is 0 Å². The normalized spacial score (nSPS) is 37.4. The lowest BCUT2D eigenvalue weighted by Gasteiger charge is -2.44. The van der Waals surface area contributed by atoms with Crippen LogP contribution in [-0.4, -0.2) is 34.7 Å². The fourth-order valence-electron chi connectivity index (χ4n) is 3.43. The van der Waals surface area contributed by atoms with Crippen LogP contribution in [0.3, 0.4) is 0 Å². The third-order valence-corrected chi connectivity index (χ3v) is 4.93. The molecule has 2 unspecified atom stereocenters. The fourth-order valence-corrected chi connectivity index (χ4v) is 3.43. The summed E-state index contributed by atoms with van der Waals surface area (Å²) in [5, 5.41) is 10.3. The Morgan fingerprint density at radius 2 is 1.82 bits per heavy atom. The van der Waals surface area contributed by atoms with Gasteiger partial charge in [0.1, 0.15) is 0 Å². The van der Waals surface area contributed by atoms with Crippen molar-refractivity contribution >= 4 is 0 Å². The van der Waals surface area contributed by atoms with Crippen LogP contribution in [0.4, 0.5) is 0 Å². The van der Waals surface area contributed by atoms with Gasteiger partial charge in [0.2, 0.25) is 0 Å². The van der Waals surface area contributed by atoms with Crippen LogP contribution in [0, 0.1) is 11.3 Å². The topological polar surface area (TPSA) is 23.5 Å². The molecule has 0 saturated heterocycles. The zero-order valence-electron chi connectivity index (χ0n) is 11.4. The standard InChI is InChI=1S/C15H27NO/c1-15(2)8-7-14(17)13(9-15)16(12-5-6-12)10-11-3-4-11/h11-14,17H,3-10H2,1-2H3. The molecule has 1 N–H and O–H groups in total. The predicted molar refractivity (Wildman–Crippen MR) is 69.9 cm³/mol. The first kappa shape index (κ1) is 12.0. The van der Waals surface area contributed by atoms with Gasteiger partial charge in [-0.25, -0.2) is 0 Å². The van der Waals surface area contributed by atoms with Gasteiger partial charge in [0, 0.05) is 18.6 Å². The highest BCUT2D eigenvalue weighted by atomic mass is 16.3. The molecule has 2 atom stereocenters. The minimum atomic E-state index is -0.0672. The summed E-state index contributed by atoms with van der Waals surface area (Å²) < 4.78 is 0. The van der Waals surface area contributed by atoms with Crippen LogP contribution in [0.25, 0.3) is 0 Å². The van der Waals surface area contributed by atoms with E-state index in [-0.39, 0.29) is 6.10 Å². The molecule has 98 valence electrons. The van der Waals surface area contributed by atoms with Crippen molar-refractivity contribution in [2.75, 3.05) is 6.54 Å². The molecule has 3 fully saturated rings. The van der Waals surface area contributed by atoms with Gasteiger partial charge in [0.25, 0.3) is 0 Å². The summed E-state index contributed by atoms with van der Waals surface area (Å²) in [5.41, 5.74) is 0.431. The van der Waals surface area contributed by atoms with E-state index in [0.717, 1.165) is 18.4 Å². The maximum Gasteiger partial charge on any atom is 0.0695 e. The van der Waals surface area contributed by atoms with Gasteiger partial charge in [-0.05, 0) is 56.3 Å². The Morgan fingerprint density at radius 1 is 1.12 bits per heavy atom. The lowest BCUT2D eigenvalue weighted by Crippen LogP contribution is -2.50. The van der Waals surface area contributed by atoms with Crippen molar-refractivity contribution in [2.45, 2.75) is 77.0 Å². The van der Waals surface area contributed by atoms with Gasteiger partial charge in [0.05, 0.1) is 6.10 Å². The maximum absolute atomic E-state index is 10.3. The SMILES string of the molecule is CC1(C)CCC(O)C(N(CC2CC2)C2CC2)C1. The number of aliphatic hydroxyl groups excluding tert-OH is 1. The quantitative estimate of drug-likeness (QED) is 0.812. The van der Waals surface area contributed by atoms with Gasteiger partial charge < -0.3 is 5.11 Å². The Labute approximate surface area is 105 Å². The lowest BCUT2D eigenvalue weighted by atomic mass is 9.73. The summed E-state index contributed by atoms with van der Waals surface area (Å²) in [7, 11) is 0. The summed E-state index contributed by atoms with van der Waals surface area (Å²) in [4.78, 5) is 2.68. The van der Waals surface area contributed by atoms with E-state index in [1.54, 1.807) is 0 Å². The summed E-state index contributed by atoms with van der Waals surface area (Å²) >= 11 is 0. The minimum absolute atomic E-state index is 0.0672. The molecule has 0 spiro atoms. The molecule has 0 radical (unpaired) electrons. The summed E-state index contributed by atoms with van der Waals surface area (Å²) in [6, 6.07) is 1.26. The van der Waals surface area contributed by atoms with Crippen molar-refractivity contribution in [3.8, 4) is 0 Å². The van der Waals surface area contributed by atoms with Crippen LogP contribution in [0.5, 0.6) is 0 Å². The van der Waals surface area contributed by atoms with E-state index in [1.807, 2.05) is 0 Å². The molecule has 17 heavy (non-hydrogen) atoms. The Hall–Kier alpha value is -0.0800. The summed E-state index contributed by atoms with van der Waals surface area (Å²) in [6.45, 7) is 6.00. The minimum Gasteiger partial charge on any atom is -0.391 e. The number of aliphatic hydroxyl groups is 1. The second kappa shape index (κ2) is 4.24. The van der Waals surface area contributed by atoms with Crippen molar-refractivity contribution in [1.82, 2.24) is 4.90 Å². The van der Waals surface area contributed by atoms with E-state index < -0.39 is 0 Å². The van der Waals surface area contributed by atoms with E-state index in [9.17, 15) is 5.11 Å². The molecular formula is C15H27NO. The highest BCUT2D eigenvalue weighted by molar-refractivity contribution is 4.98. The van der Waals surface area contributed by atoms with Crippen molar-refractivity contribution in [1.29, 1.82) is 0 Å². The molecule has 0 amide bonds. The van der Waals surface area contributed by atoms with E-state index >= 15 is 0 Å². The highest BCUT2D eigenvalue weighted by Gasteiger charge is 2.43. The molecule has 3 saturated carbocycles. The molecule has 3 rings (SSSR count). The molecule has 3 aliphatic rings. The van der Waals surface area contributed by atoms with Gasteiger partial charge in [-0.3, -0.25) is 4.90 Å². The van der Waals surface area contributed by atoms with E-state index in [1.165, 1.54) is 45.1 Å². The lowest BCUT2D eigenvalue weighted by molar-refractivity contribution is -0.0225. The van der Waals surface area contributed by atoms with Crippen molar-refractivity contribution in [2.24, 2.45) is 11.3 Å². The van der Waals surface area contributed by atoms with E-state index in [2.05, 4.69) is 18.7 Å². The van der Waals surface area contributed by atoms with Crippen LogP contribution in [0.15, 0.2) is 0 Å². The molecule has 0 aromatic rings. The van der Waals surface area contributed by atoms with Gasteiger partial charge in [-0.2, -0.15) is 0 Å². The first-order chi connectivity index (χ1) is 8.05. The van der Waals surface area contributed by atoms with Crippen molar-refractivity contribution < 1.29 is 5.11 Å². The molecule has 2 nitrogen and oxygen atoms in total. The van der Waals surface area contributed by atoms with Gasteiger partial charge in [-0.15, -0.1) is 0 Å². The van der Waals surface area contributed by atoms with Crippen LogP contribution in [0.1, 0.15) is 58.8 Å². The molecule has 3 aliphatic carbocycles. The predicted octanol–water partition coefficient (Wildman–Crippen LogP) is 2.80. The Bertz CT molecular complexity index is 281. The van der Waals surface area contributed by atoms with Gasteiger partial charge in [0.15, 0.2) is 0 Å². The first-order valence-corrected chi connectivity index (χ1v) is 7.49. The molecular weight excluding hydrogens is 210 g/mol. The Morgan fingerprint density at radius 3 is 2.41 bits per heavy atom. The number of hydrogen-bond acceptors (Lipinski definition) is 2. The molecule has 0 bridgehead atoms. The Balaban J connectivity index is 1.68. The average Bonchev–Trinajstić information content (AvgIpc) is 3.12. The second-order valence-corrected chi connectivity index (χ2v) is 7.41. The number of rotatable bonds is 4. The van der Waals surface area contributed by atoms with Crippen LogP contribution in [-0.2, 0) is 0 Å². The maximum atomic E-state index is 10.3. The van der Waals surface area contributed by atoms with Gasteiger partial charge in [-0.1, -0.05) is 13.8 Å². The Kier molecular flexibility index (Phi) is 2.99. The van der Waals surface area contributed by atoms with Crippen molar-refractivity contribution in [3.05, 3.63) is 0 Å². The molecule has 2 heteroatoms. The first-order valence-electron chi connectivity index (χ1n) is 7.49. The largest absolute Gasteiger partial charge is 0.391 e. The molecule has 0 aromatic heterocycles. The highest BCUT2D eigenvalue weighted by Crippen LogP contribution is 2.43. The molecule has 0 aromatic carbocycles. The van der Waals surface area contributed by atoms with Crippen LogP contribution < -0.4 is 0 Å². The summed E-state index contributed by atoms with van der Waals surface area (Å²) in [6.07, 6.45) is 8.91. The fraction of sp³-hybridized carbons (Fsp3) is 1.00. The monoisotopic (exact) mass is 237 g/mol. The molecule has 0 heterocycles. The third kappa shape index (κ3) is 2.85. The zero-order valence-corrected chi connectivity index (χ0v) is 11.4. The average molecular weight is 237 g/mol. The summed E-state index contributed by atoms with van der Waals surface area (Å²) in [5.74, 6) is 0.952. The van der Waals surface area contributed by atoms with Crippen molar-refractivity contribution in [3.63, 3.8) is 0 Å².